The van der Waals surface area contributed by atoms with E-state index in [1.165, 1.54) is 26.0 Å². The molecule has 0 spiro atoms. The summed E-state index contributed by atoms with van der Waals surface area (Å²) in [5.74, 6) is -0.248. The summed E-state index contributed by atoms with van der Waals surface area (Å²) in [6.45, 7) is 0. The predicted octanol–water partition coefficient (Wildman–Crippen LogP) is 3.23. The molecule has 0 saturated carbocycles. The molecule has 0 unspecified atom stereocenters. The van der Waals surface area contributed by atoms with E-state index < -0.39 is 5.97 Å². The molecule has 0 aliphatic carbocycles. The number of methoxy groups -OCH3 is 2. The Bertz CT molecular complexity index is 491. The summed E-state index contributed by atoms with van der Waals surface area (Å²) >= 11 is 13.2. The molecule has 0 aromatic heterocycles. The molecule has 0 fully saturated rings. The molecule has 104 valence electrons. The van der Waals surface area contributed by atoms with Crippen molar-refractivity contribution < 1.29 is 19.1 Å². The fraction of sp³-hybridized carbons (Fsp3) is 0.333. The minimum atomic E-state index is -0.555. The first-order valence-corrected chi connectivity index (χ1v) is 6.96. The Balaban J connectivity index is 2.70. The van der Waals surface area contributed by atoms with Crippen molar-refractivity contribution in [2.24, 2.45) is 0 Å². The van der Waals surface area contributed by atoms with Gasteiger partial charge in [0.05, 0.1) is 25.0 Å². The molecule has 0 aliphatic heterocycles. The molecular weight excluding hydrogens is 311 g/mol. The van der Waals surface area contributed by atoms with E-state index >= 15 is 0 Å². The molecule has 0 radical (unpaired) electrons. The molecule has 0 saturated heterocycles. The number of ether oxygens (including phenoxy) is 2. The van der Waals surface area contributed by atoms with Crippen LogP contribution in [0.25, 0.3) is 0 Å². The Morgan fingerprint density at radius 3 is 2.53 bits per heavy atom. The summed E-state index contributed by atoms with van der Waals surface area (Å²) in [4.78, 5) is 23.1. The predicted molar refractivity (Wildman–Crippen MR) is 75.4 cm³/mol. The van der Waals surface area contributed by atoms with Crippen LogP contribution in [0, 0.1) is 0 Å². The molecule has 0 heterocycles. The van der Waals surface area contributed by atoms with Crippen molar-refractivity contribution in [3.8, 4) is 5.75 Å². The van der Waals surface area contributed by atoms with E-state index in [-0.39, 0.29) is 18.0 Å². The van der Waals surface area contributed by atoms with Crippen LogP contribution >= 0.6 is 35.0 Å². The summed E-state index contributed by atoms with van der Waals surface area (Å²) in [6.07, 6.45) is -0.251. The van der Waals surface area contributed by atoms with E-state index in [0.717, 1.165) is 0 Å². The van der Waals surface area contributed by atoms with E-state index in [0.29, 0.717) is 20.7 Å². The normalized spacial score (nSPS) is 10.1. The molecule has 1 rings (SSSR count). The van der Waals surface area contributed by atoms with Gasteiger partial charge in [0.25, 0.3) is 0 Å². The van der Waals surface area contributed by atoms with Gasteiger partial charge in [-0.15, -0.1) is 11.8 Å². The maximum atomic E-state index is 11.5. The van der Waals surface area contributed by atoms with Crippen LogP contribution in [0.2, 0.25) is 10.0 Å². The van der Waals surface area contributed by atoms with Crippen molar-refractivity contribution >= 4 is 46.7 Å². The van der Waals surface area contributed by atoms with Crippen LogP contribution in [0.4, 0.5) is 0 Å². The minimum Gasteiger partial charge on any atom is -0.495 e. The first-order chi connectivity index (χ1) is 8.97. The summed E-state index contributed by atoms with van der Waals surface area (Å²) < 4.78 is 9.48. The molecule has 0 atom stereocenters. The van der Waals surface area contributed by atoms with Gasteiger partial charge in [-0.3, -0.25) is 9.59 Å². The fourth-order valence-corrected chi connectivity index (χ4v) is 2.72. The van der Waals surface area contributed by atoms with Gasteiger partial charge in [0.1, 0.15) is 12.2 Å². The SMILES string of the molecule is COC(=O)CC(=O)CSc1cc(Cl)cc(OC)c1Cl. The number of Topliss-reactive ketones (excluding diaryl/α,β-unsaturated/α-hetero) is 1. The highest BCUT2D eigenvalue weighted by atomic mass is 35.5. The van der Waals surface area contributed by atoms with E-state index in [1.807, 2.05) is 0 Å². The molecular formula is C12H12Cl2O4S. The Kier molecular flexibility index (Phi) is 6.48. The molecule has 0 N–H and O–H groups in total. The zero-order valence-electron chi connectivity index (χ0n) is 10.4. The Morgan fingerprint density at radius 2 is 1.95 bits per heavy atom. The second kappa shape index (κ2) is 7.62. The summed E-state index contributed by atoms with van der Waals surface area (Å²) in [7, 11) is 2.72. The summed E-state index contributed by atoms with van der Waals surface area (Å²) in [5.41, 5.74) is 0. The van der Waals surface area contributed by atoms with Crippen LogP contribution in [0.1, 0.15) is 6.42 Å². The maximum absolute atomic E-state index is 11.5. The van der Waals surface area contributed by atoms with Gasteiger partial charge in [0.15, 0.2) is 5.78 Å². The number of thioether (sulfide) groups is 1. The second-order valence-corrected chi connectivity index (χ2v) is 5.33. The van der Waals surface area contributed by atoms with E-state index in [9.17, 15) is 9.59 Å². The first-order valence-electron chi connectivity index (χ1n) is 5.22. The van der Waals surface area contributed by atoms with Crippen LogP contribution in [0.5, 0.6) is 5.75 Å². The van der Waals surface area contributed by atoms with Crippen LogP contribution in [-0.4, -0.2) is 31.7 Å². The van der Waals surface area contributed by atoms with Gasteiger partial charge < -0.3 is 9.47 Å². The molecule has 0 amide bonds. The Labute approximate surface area is 125 Å². The lowest BCUT2D eigenvalue weighted by Crippen LogP contribution is -2.11. The molecule has 7 heteroatoms. The number of hydrogen-bond donors (Lipinski definition) is 0. The number of rotatable bonds is 6. The minimum absolute atomic E-state index is 0.109. The van der Waals surface area contributed by atoms with Crippen LogP contribution in [-0.2, 0) is 14.3 Å². The molecule has 19 heavy (non-hydrogen) atoms. The molecule has 1 aromatic carbocycles. The van der Waals surface area contributed by atoms with Gasteiger partial charge >= 0.3 is 5.97 Å². The zero-order valence-corrected chi connectivity index (χ0v) is 12.7. The van der Waals surface area contributed by atoms with Crippen LogP contribution in [0.15, 0.2) is 17.0 Å². The average Bonchev–Trinajstić information content (AvgIpc) is 2.39. The smallest absolute Gasteiger partial charge is 0.313 e. The van der Waals surface area contributed by atoms with Gasteiger partial charge in [-0.1, -0.05) is 23.2 Å². The lowest BCUT2D eigenvalue weighted by atomic mass is 10.3. The third-order valence-electron chi connectivity index (χ3n) is 2.15. The Morgan fingerprint density at radius 1 is 1.26 bits per heavy atom. The highest BCUT2D eigenvalue weighted by molar-refractivity contribution is 8.00. The largest absolute Gasteiger partial charge is 0.495 e. The van der Waals surface area contributed by atoms with Gasteiger partial charge in [-0.05, 0) is 6.07 Å². The quantitative estimate of drug-likeness (QED) is 0.457. The summed E-state index contributed by atoms with van der Waals surface area (Å²) in [5, 5.41) is 0.854. The number of hydrogen-bond acceptors (Lipinski definition) is 5. The number of benzene rings is 1. The monoisotopic (exact) mass is 322 g/mol. The number of esters is 1. The van der Waals surface area contributed by atoms with Crippen molar-refractivity contribution in [2.75, 3.05) is 20.0 Å². The van der Waals surface area contributed by atoms with Crippen molar-refractivity contribution in [1.29, 1.82) is 0 Å². The lowest BCUT2D eigenvalue weighted by Gasteiger charge is -2.09. The average molecular weight is 323 g/mol. The number of ketones is 1. The van der Waals surface area contributed by atoms with Crippen molar-refractivity contribution in [3.63, 3.8) is 0 Å². The second-order valence-electron chi connectivity index (χ2n) is 3.50. The zero-order chi connectivity index (χ0) is 14.4. The fourth-order valence-electron chi connectivity index (χ4n) is 1.24. The van der Waals surface area contributed by atoms with Crippen LogP contribution in [0.3, 0.4) is 0 Å². The molecule has 0 bridgehead atoms. The molecule has 1 aromatic rings. The van der Waals surface area contributed by atoms with Gasteiger partial charge in [0.2, 0.25) is 0 Å². The number of halogens is 2. The van der Waals surface area contributed by atoms with E-state index in [1.54, 1.807) is 12.1 Å². The van der Waals surface area contributed by atoms with Crippen molar-refractivity contribution in [2.45, 2.75) is 11.3 Å². The van der Waals surface area contributed by atoms with Crippen molar-refractivity contribution in [1.82, 2.24) is 0 Å². The number of carbonyl (C=O) groups is 2. The van der Waals surface area contributed by atoms with E-state index in [2.05, 4.69) is 4.74 Å². The van der Waals surface area contributed by atoms with Gasteiger partial charge in [0, 0.05) is 16.0 Å². The summed E-state index contributed by atoms with van der Waals surface area (Å²) in [6, 6.07) is 3.23. The standard InChI is InChI=1S/C12H12Cl2O4S/c1-17-9-3-7(13)4-10(12(9)14)19-6-8(15)5-11(16)18-2/h3-4H,5-6H2,1-2H3. The van der Waals surface area contributed by atoms with Crippen LogP contribution < -0.4 is 4.74 Å². The highest BCUT2D eigenvalue weighted by Gasteiger charge is 2.14. The third kappa shape index (κ3) is 4.93. The topological polar surface area (TPSA) is 52.6 Å². The molecule has 0 aliphatic rings. The van der Waals surface area contributed by atoms with E-state index in [4.69, 9.17) is 27.9 Å². The molecule has 4 nitrogen and oxygen atoms in total. The lowest BCUT2D eigenvalue weighted by molar-refractivity contribution is -0.142. The Hall–Kier alpha value is -0.910. The maximum Gasteiger partial charge on any atom is 0.313 e. The first kappa shape index (κ1) is 16.1. The van der Waals surface area contributed by atoms with Gasteiger partial charge in [-0.25, -0.2) is 0 Å². The van der Waals surface area contributed by atoms with Crippen molar-refractivity contribution in [3.05, 3.63) is 22.2 Å². The number of carbonyl (C=O) groups excluding carboxylic acids is 2. The third-order valence-corrected chi connectivity index (χ3v) is 3.97. The highest BCUT2D eigenvalue weighted by Crippen LogP contribution is 2.37. The van der Waals surface area contributed by atoms with Gasteiger partial charge in [-0.2, -0.15) is 0 Å².